The average Bonchev–Trinajstić information content (AvgIpc) is 2.20. The summed E-state index contributed by atoms with van der Waals surface area (Å²) in [6.07, 6.45) is 1.06. The molecule has 0 saturated carbocycles. The molecule has 0 heterocycles. The zero-order chi connectivity index (χ0) is 11.3. The Balaban J connectivity index is 2.29. The van der Waals surface area contributed by atoms with E-state index in [0.717, 1.165) is 18.0 Å². The van der Waals surface area contributed by atoms with Crippen LogP contribution in [0.2, 0.25) is 5.02 Å². The zero-order valence-corrected chi connectivity index (χ0v) is 10.5. The molecule has 0 aromatic heterocycles. The molecule has 0 spiro atoms. The lowest BCUT2D eigenvalue weighted by Crippen LogP contribution is -2.32. The van der Waals surface area contributed by atoms with Gasteiger partial charge in [0.2, 0.25) is 0 Å². The Hall–Kier alpha value is -0.530. The Bertz CT molecular complexity index is 279. The second kappa shape index (κ2) is 6.14. The number of hydrogen-bond acceptors (Lipinski definition) is 1. The molecule has 1 atom stereocenters. The van der Waals surface area contributed by atoms with Gasteiger partial charge in [0.05, 0.1) is 0 Å². The number of hydrogen-bond donors (Lipinski definition) is 1. The summed E-state index contributed by atoms with van der Waals surface area (Å²) in [5, 5.41) is 4.32. The van der Waals surface area contributed by atoms with E-state index in [4.69, 9.17) is 11.6 Å². The van der Waals surface area contributed by atoms with Crippen molar-refractivity contribution in [2.75, 3.05) is 6.54 Å². The van der Waals surface area contributed by atoms with Crippen molar-refractivity contribution in [2.45, 2.75) is 33.2 Å². The molecule has 1 rings (SSSR count). The highest BCUT2D eigenvalue weighted by atomic mass is 35.5. The van der Waals surface area contributed by atoms with Crippen LogP contribution in [0.25, 0.3) is 0 Å². The van der Waals surface area contributed by atoms with Crippen molar-refractivity contribution in [1.29, 1.82) is 0 Å². The van der Waals surface area contributed by atoms with Crippen LogP contribution in [-0.4, -0.2) is 12.6 Å². The molecule has 0 unspecified atom stereocenters. The highest BCUT2D eigenvalue weighted by Gasteiger charge is 2.04. The van der Waals surface area contributed by atoms with Gasteiger partial charge in [0.25, 0.3) is 0 Å². The average molecular weight is 226 g/mol. The van der Waals surface area contributed by atoms with E-state index in [0.29, 0.717) is 12.0 Å². The second-order valence-electron chi connectivity index (χ2n) is 4.36. The van der Waals surface area contributed by atoms with Crippen molar-refractivity contribution in [3.05, 3.63) is 34.9 Å². The van der Waals surface area contributed by atoms with E-state index in [1.54, 1.807) is 0 Å². The van der Waals surface area contributed by atoms with Crippen molar-refractivity contribution >= 4 is 11.6 Å². The molecule has 0 aliphatic rings. The van der Waals surface area contributed by atoms with Crippen LogP contribution in [0.1, 0.15) is 26.3 Å². The van der Waals surface area contributed by atoms with Gasteiger partial charge in [-0.15, -0.1) is 0 Å². The highest BCUT2D eigenvalue weighted by molar-refractivity contribution is 6.30. The maximum Gasteiger partial charge on any atom is 0.0406 e. The van der Waals surface area contributed by atoms with E-state index in [2.05, 4.69) is 38.2 Å². The third kappa shape index (κ3) is 4.67. The SMILES string of the molecule is CC(C)[C@H](C)NCCc1ccc(Cl)cc1. The minimum absolute atomic E-state index is 0.581. The lowest BCUT2D eigenvalue weighted by atomic mass is 10.1. The maximum absolute atomic E-state index is 5.82. The predicted octanol–water partition coefficient (Wildman–Crippen LogP) is 3.52. The summed E-state index contributed by atoms with van der Waals surface area (Å²) in [7, 11) is 0. The molecule has 84 valence electrons. The number of nitrogens with one attached hydrogen (secondary N) is 1. The highest BCUT2D eigenvalue weighted by Crippen LogP contribution is 2.09. The number of halogens is 1. The molecule has 0 saturated heterocycles. The molecule has 1 nitrogen and oxygen atoms in total. The lowest BCUT2D eigenvalue weighted by molar-refractivity contribution is 0.430. The topological polar surface area (TPSA) is 12.0 Å². The Morgan fingerprint density at radius 2 is 1.73 bits per heavy atom. The third-order valence-corrected chi connectivity index (χ3v) is 3.05. The quantitative estimate of drug-likeness (QED) is 0.809. The Labute approximate surface area is 97.8 Å². The van der Waals surface area contributed by atoms with Crippen LogP contribution in [0.3, 0.4) is 0 Å². The molecule has 0 bridgehead atoms. The van der Waals surface area contributed by atoms with Crippen LogP contribution in [0.4, 0.5) is 0 Å². The van der Waals surface area contributed by atoms with E-state index >= 15 is 0 Å². The summed E-state index contributed by atoms with van der Waals surface area (Å²) < 4.78 is 0. The van der Waals surface area contributed by atoms with Gasteiger partial charge in [0.15, 0.2) is 0 Å². The van der Waals surface area contributed by atoms with Crippen LogP contribution >= 0.6 is 11.6 Å². The van der Waals surface area contributed by atoms with Gasteiger partial charge in [-0.25, -0.2) is 0 Å². The summed E-state index contributed by atoms with van der Waals surface area (Å²) in [6.45, 7) is 7.73. The van der Waals surface area contributed by atoms with E-state index in [1.165, 1.54) is 5.56 Å². The molecular formula is C13H20ClN. The normalized spacial score (nSPS) is 13.1. The molecule has 0 radical (unpaired) electrons. The van der Waals surface area contributed by atoms with Crippen molar-refractivity contribution in [1.82, 2.24) is 5.32 Å². The van der Waals surface area contributed by atoms with Crippen molar-refractivity contribution in [3.8, 4) is 0 Å². The van der Waals surface area contributed by atoms with Crippen molar-refractivity contribution in [2.24, 2.45) is 5.92 Å². The zero-order valence-electron chi connectivity index (χ0n) is 9.76. The van der Waals surface area contributed by atoms with E-state index in [1.807, 2.05) is 12.1 Å². The smallest absolute Gasteiger partial charge is 0.0406 e. The first-order valence-corrected chi connectivity index (χ1v) is 5.95. The summed E-state index contributed by atoms with van der Waals surface area (Å²) in [5.41, 5.74) is 1.34. The van der Waals surface area contributed by atoms with E-state index in [-0.39, 0.29) is 0 Å². The number of rotatable bonds is 5. The molecule has 0 aliphatic heterocycles. The van der Waals surface area contributed by atoms with Crippen molar-refractivity contribution in [3.63, 3.8) is 0 Å². The molecule has 2 heteroatoms. The minimum atomic E-state index is 0.581. The molecule has 0 fully saturated rings. The van der Waals surface area contributed by atoms with Crippen LogP contribution in [0.15, 0.2) is 24.3 Å². The molecule has 1 N–H and O–H groups in total. The van der Waals surface area contributed by atoms with Crippen LogP contribution < -0.4 is 5.32 Å². The monoisotopic (exact) mass is 225 g/mol. The third-order valence-electron chi connectivity index (χ3n) is 2.79. The van der Waals surface area contributed by atoms with Gasteiger partial charge >= 0.3 is 0 Å². The Morgan fingerprint density at radius 3 is 2.27 bits per heavy atom. The summed E-state index contributed by atoms with van der Waals surface area (Å²) >= 11 is 5.82. The molecule has 1 aromatic carbocycles. The molecule has 0 amide bonds. The van der Waals surface area contributed by atoms with Gasteiger partial charge < -0.3 is 5.32 Å². The van der Waals surface area contributed by atoms with Gasteiger partial charge in [0.1, 0.15) is 0 Å². The maximum atomic E-state index is 5.82. The van der Waals surface area contributed by atoms with E-state index in [9.17, 15) is 0 Å². The van der Waals surface area contributed by atoms with E-state index < -0.39 is 0 Å². The van der Waals surface area contributed by atoms with Gasteiger partial charge in [-0.3, -0.25) is 0 Å². The first-order chi connectivity index (χ1) is 7.09. The van der Waals surface area contributed by atoms with Gasteiger partial charge in [0, 0.05) is 11.1 Å². The first kappa shape index (κ1) is 12.5. The fourth-order valence-corrected chi connectivity index (χ4v) is 1.46. The number of benzene rings is 1. The van der Waals surface area contributed by atoms with Gasteiger partial charge in [-0.2, -0.15) is 0 Å². The first-order valence-electron chi connectivity index (χ1n) is 5.57. The van der Waals surface area contributed by atoms with Gasteiger partial charge in [-0.1, -0.05) is 37.6 Å². The largest absolute Gasteiger partial charge is 0.314 e. The molecule has 15 heavy (non-hydrogen) atoms. The Morgan fingerprint density at radius 1 is 1.13 bits per heavy atom. The molecular weight excluding hydrogens is 206 g/mol. The van der Waals surface area contributed by atoms with Crippen LogP contribution in [0, 0.1) is 5.92 Å². The standard InChI is InChI=1S/C13H20ClN/c1-10(2)11(3)15-9-8-12-4-6-13(14)7-5-12/h4-7,10-11,15H,8-9H2,1-3H3/t11-/m0/s1. The second-order valence-corrected chi connectivity index (χ2v) is 4.80. The molecule has 0 aliphatic carbocycles. The summed E-state index contributed by atoms with van der Waals surface area (Å²) in [6, 6.07) is 8.65. The minimum Gasteiger partial charge on any atom is -0.314 e. The summed E-state index contributed by atoms with van der Waals surface area (Å²) in [4.78, 5) is 0. The lowest BCUT2D eigenvalue weighted by Gasteiger charge is -2.17. The van der Waals surface area contributed by atoms with Gasteiger partial charge in [-0.05, 0) is 43.5 Å². The Kier molecular flexibility index (Phi) is 5.13. The fourth-order valence-electron chi connectivity index (χ4n) is 1.33. The molecule has 1 aromatic rings. The van der Waals surface area contributed by atoms with Crippen LogP contribution in [0.5, 0.6) is 0 Å². The van der Waals surface area contributed by atoms with Crippen molar-refractivity contribution < 1.29 is 0 Å². The summed E-state index contributed by atoms with van der Waals surface area (Å²) in [5.74, 6) is 0.690. The fraction of sp³-hybridized carbons (Fsp3) is 0.538. The van der Waals surface area contributed by atoms with Crippen LogP contribution in [-0.2, 0) is 6.42 Å². The predicted molar refractivity (Wildman–Crippen MR) is 67.5 cm³/mol.